The molecule has 0 aliphatic heterocycles. The zero-order valence-electron chi connectivity index (χ0n) is 0.408. The van der Waals surface area contributed by atoms with Crippen LogP contribution in [0.1, 0.15) is 0 Å². The second-order valence-electron chi connectivity index (χ2n) is 0. The Hall–Kier alpha value is 4.74. The molecule has 0 aliphatic carbocycles. The van der Waals surface area contributed by atoms with Gasteiger partial charge in [-0.2, -0.15) is 0 Å². The van der Waals surface area contributed by atoms with E-state index in [4.69, 9.17) is 0 Å². The van der Waals surface area contributed by atoms with Gasteiger partial charge in [0.2, 0.25) is 0 Å². The molecule has 0 heterocycles. The van der Waals surface area contributed by atoms with Crippen molar-refractivity contribution in [1.82, 2.24) is 0 Å². The van der Waals surface area contributed by atoms with Crippen LogP contribution in [0, 0.1) is 0 Å². The molecule has 0 rings (SSSR count). The first-order chi connectivity index (χ1) is 0. The van der Waals surface area contributed by atoms with E-state index >= 15 is 0 Å². The summed E-state index contributed by atoms with van der Waals surface area (Å²) in [5, 5.41) is 0. The summed E-state index contributed by atoms with van der Waals surface area (Å²) >= 11 is 0. The molecule has 0 spiro atoms. The van der Waals surface area contributed by atoms with Crippen molar-refractivity contribution in [2.24, 2.45) is 0 Å². The summed E-state index contributed by atoms with van der Waals surface area (Å²) in [6, 6.07) is 0. The molecule has 0 aromatic heterocycles. The predicted molar refractivity (Wildman–Crippen MR) is 24.2 cm³/mol. The molecule has 0 aromatic rings. The number of hydrogen-bond acceptors (Lipinski definition) is 0. The second kappa shape index (κ2) is 15.6. The summed E-state index contributed by atoms with van der Waals surface area (Å²) in [5.74, 6) is 0. The van der Waals surface area contributed by atoms with Gasteiger partial charge in [0.05, 0.1) is 0 Å². The maximum atomic E-state index is 0. The van der Waals surface area contributed by atoms with Gasteiger partial charge in [-0.3, -0.25) is 0 Å². The molecule has 0 saturated heterocycles. The van der Waals surface area contributed by atoms with Gasteiger partial charge in [0, 0.05) is 21.1 Å². The Morgan fingerprint density at radius 3 is 1.00 bits per heavy atom. The van der Waals surface area contributed by atoms with Gasteiger partial charge in [0.15, 0.2) is 0 Å². The first-order valence-electron chi connectivity index (χ1n) is 0. The smallest absolute Gasteiger partial charge is 0 e. The summed E-state index contributed by atoms with van der Waals surface area (Å²) in [6.07, 6.45) is 0. The van der Waals surface area contributed by atoms with Crippen LogP contribution in [0.15, 0.2) is 0 Å². The zero-order chi connectivity index (χ0) is 0. The Bertz CT molecular complexity index is 8.00. The Morgan fingerprint density at radius 2 is 1.00 bits per heavy atom. The van der Waals surface area contributed by atoms with Gasteiger partial charge >= 0.3 is 124 Å². The quantitative estimate of drug-likeness (QED) is 0.369. The molecule has 0 aromatic carbocycles. The summed E-state index contributed by atoms with van der Waals surface area (Å²) in [4.78, 5) is 0. The van der Waals surface area contributed by atoms with Crippen molar-refractivity contribution < 1.29 is 21.1 Å². The van der Waals surface area contributed by atoms with E-state index in [9.17, 15) is 0 Å². The molecule has 0 bridgehead atoms. The van der Waals surface area contributed by atoms with E-state index in [-0.39, 0.29) is 145 Å². The van der Waals surface area contributed by atoms with Gasteiger partial charge in [-0.25, -0.2) is 0 Å². The van der Waals surface area contributed by atoms with Crippen LogP contribution in [0.5, 0.6) is 0 Å². The molecule has 0 atom stereocenters. The van der Waals surface area contributed by atoms with E-state index < -0.39 is 0 Å². The van der Waals surface area contributed by atoms with Crippen molar-refractivity contribution in [3.8, 4) is 0 Å². The van der Waals surface area contributed by atoms with Crippen molar-refractivity contribution in [3.05, 3.63) is 0 Å². The minimum Gasteiger partial charge on any atom is 0 e. The van der Waals surface area contributed by atoms with Gasteiger partial charge in [-0.1, -0.05) is 0 Å². The van der Waals surface area contributed by atoms with Gasteiger partial charge < -0.3 is 0 Å². The SMILES string of the molecule is [BaH2].[NaH].[SrH2].[W]. The van der Waals surface area contributed by atoms with Crippen LogP contribution in [0.4, 0.5) is 0 Å². The largest absolute Gasteiger partial charge is 0 e. The Kier molecular flexibility index (Phi) is 91.2. The zero-order valence-corrected chi connectivity index (χ0v) is 3.34. The summed E-state index contributed by atoms with van der Waals surface area (Å²) in [5.41, 5.74) is 0. The fourth-order valence-electron chi connectivity index (χ4n) is 0. The van der Waals surface area contributed by atoms with Gasteiger partial charge in [0.25, 0.3) is 0 Å². The van der Waals surface area contributed by atoms with E-state index in [1.807, 2.05) is 0 Å². The molecule has 0 N–H and O–H groups in total. The van der Waals surface area contributed by atoms with Crippen LogP contribution in [-0.4, -0.2) is 124 Å². The van der Waals surface area contributed by atoms with E-state index in [1.54, 1.807) is 0 Å². The minimum atomic E-state index is 0. The van der Waals surface area contributed by atoms with Gasteiger partial charge in [-0.05, 0) is 0 Å². The average molecular weight is 437 g/mol. The summed E-state index contributed by atoms with van der Waals surface area (Å²) < 4.78 is 0. The molecule has 0 radical (unpaired) electrons. The van der Waals surface area contributed by atoms with E-state index in [0.717, 1.165) is 0 Å². The summed E-state index contributed by atoms with van der Waals surface area (Å²) in [7, 11) is 0. The molecule has 0 fully saturated rings. The maximum Gasteiger partial charge on any atom is 0 e. The molecule has 0 unspecified atom stereocenters. The monoisotopic (exact) mass is 438 g/mol. The van der Waals surface area contributed by atoms with Crippen LogP contribution in [-0.2, 0) is 21.1 Å². The van der Waals surface area contributed by atoms with Crippen molar-refractivity contribution in [2.45, 2.75) is 0 Å². The van der Waals surface area contributed by atoms with Crippen LogP contribution in [0.2, 0.25) is 0 Å². The van der Waals surface area contributed by atoms with Crippen LogP contribution < -0.4 is 0 Å². The van der Waals surface area contributed by atoms with E-state index in [0.29, 0.717) is 0 Å². The van der Waals surface area contributed by atoms with Crippen molar-refractivity contribution in [1.29, 1.82) is 0 Å². The van der Waals surface area contributed by atoms with Crippen LogP contribution in [0.25, 0.3) is 0 Å². The Morgan fingerprint density at radius 1 is 1.00 bits per heavy atom. The fourth-order valence-corrected chi connectivity index (χ4v) is 0. The summed E-state index contributed by atoms with van der Waals surface area (Å²) in [6.45, 7) is 0. The van der Waals surface area contributed by atoms with Crippen LogP contribution in [0.3, 0.4) is 0 Å². The number of rotatable bonds is 0. The molecular formula is H5BaNaSrW. The van der Waals surface area contributed by atoms with Crippen molar-refractivity contribution in [2.75, 3.05) is 0 Å². The maximum absolute atomic E-state index is 0. The van der Waals surface area contributed by atoms with Crippen LogP contribution >= 0.6 is 0 Å². The molecule has 4 heteroatoms. The molecule has 0 amide bonds. The normalized spacial score (nSPS) is 0. The van der Waals surface area contributed by atoms with Gasteiger partial charge in [0.1, 0.15) is 0 Å². The molecule has 0 saturated carbocycles. The molecular weight excluding hydrogens is 432 g/mol. The molecule has 4 heavy (non-hydrogen) atoms. The predicted octanol–water partition coefficient (Wildman–Crippen LogP) is -2.48. The van der Waals surface area contributed by atoms with Crippen molar-refractivity contribution in [3.63, 3.8) is 0 Å². The Balaban J connectivity index is 0. The van der Waals surface area contributed by atoms with Crippen molar-refractivity contribution >= 4 is 124 Å². The molecule has 0 aliphatic rings. The third-order valence-electron chi connectivity index (χ3n) is 0. The van der Waals surface area contributed by atoms with Gasteiger partial charge in [-0.15, -0.1) is 0 Å². The van der Waals surface area contributed by atoms with E-state index in [2.05, 4.69) is 0 Å². The van der Waals surface area contributed by atoms with E-state index in [1.165, 1.54) is 0 Å². The minimum absolute atomic E-state index is 0. The molecule has 16 valence electrons. The standard InChI is InChI=1S/Ba.Na.Sr.W.5H. The third kappa shape index (κ3) is 9.88. The average Bonchev–Trinajstić information content (AvgIpc) is 0. The first-order valence-corrected chi connectivity index (χ1v) is 0. The fraction of sp³-hybridized carbons (Fsp3) is 0. The third-order valence-corrected chi connectivity index (χ3v) is 0. The Labute approximate surface area is 140 Å². The molecule has 0 nitrogen and oxygen atoms in total. The second-order valence-corrected chi connectivity index (χ2v) is 0. The first kappa shape index (κ1) is 23.3. The number of hydrogen-bond donors (Lipinski definition) is 0. The topological polar surface area (TPSA) is 0 Å².